The third-order valence-corrected chi connectivity index (χ3v) is 6.80. The van der Waals surface area contributed by atoms with Gasteiger partial charge in [-0.05, 0) is 56.6 Å². The molecule has 3 aromatic carbocycles. The minimum absolute atomic E-state index is 0.0207. The van der Waals surface area contributed by atoms with Crippen molar-refractivity contribution < 1.29 is 19.7 Å². The third kappa shape index (κ3) is 5.24. The molecule has 8 nitrogen and oxygen atoms in total. The van der Waals surface area contributed by atoms with Crippen LogP contribution in [0.1, 0.15) is 23.1 Å². The first kappa shape index (κ1) is 25.0. The first-order valence-corrected chi connectivity index (χ1v) is 12.6. The van der Waals surface area contributed by atoms with Gasteiger partial charge in [-0.25, -0.2) is 4.99 Å². The molecule has 2 heterocycles. The van der Waals surface area contributed by atoms with Crippen LogP contribution in [0.5, 0.6) is 11.6 Å². The van der Waals surface area contributed by atoms with Gasteiger partial charge in [-0.3, -0.25) is 4.79 Å². The molecule has 0 bridgehead atoms. The van der Waals surface area contributed by atoms with Crippen molar-refractivity contribution in [2.24, 2.45) is 4.99 Å². The van der Waals surface area contributed by atoms with Crippen molar-refractivity contribution in [3.8, 4) is 11.6 Å². The summed E-state index contributed by atoms with van der Waals surface area (Å²) in [4.78, 5) is 34.6. The molecule has 0 aliphatic carbocycles. The zero-order valence-corrected chi connectivity index (χ0v) is 22.4. The molecule has 190 valence electrons. The van der Waals surface area contributed by atoms with Crippen LogP contribution in [0.25, 0.3) is 10.9 Å². The van der Waals surface area contributed by atoms with Crippen LogP contribution in [0.3, 0.4) is 0 Å². The number of aromatic hydroxyl groups is 1. The first-order chi connectivity index (χ1) is 17.8. The fourth-order valence-electron chi connectivity index (χ4n) is 4.23. The van der Waals surface area contributed by atoms with Crippen LogP contribution in [0.15, 0.2) is 70.1 Å². The van der Waals surface area contributed by atoms with E-state index in [1.54, 1.807) is 11.9 Å². The highest BCUT2D eigenvalue weighted by molar-refractivity contribution is 9.10. The molecule has 0 unspecified atom stereocenters. The second-order valence-corrected chi connectivity index (χ2v) is 10.1. The maximum Gasteiger partial charge on any atom is 0.228 e. The number of nitrogens with zero attached hydrogens (tertiary/aromatic N) is 3. The molecule has 0 saturated carbocycles. The number of aromatic nitrogens is 1. The molecule has 37 heavy (non-hydrogen) atoms. The third-order valence-electron chi connectivity index (χ3n) is 6.31. The summed E-state index contributed by atoms with van der Waals surface area (Å²) in [6.45, 7) is 1.08. The van der Waals surface area contributed by atoms with Crippen LogP contribution < -0.4 is 9.79 Å². The van der Waals surface area contributed by atoms with Gasteiger partial charge in [0.25, 0.3) is 0 Å². The molecule has 1 aliphatic heterocycles. The predicted octanol–water partition coefficient (Wildman–Crippen LogP) is 5.54. The lowest BCUT2D eigenvalue weighted by Gasteiger charge is -2.19. The number of aliphatic imine (C=N–C) groups is 1. The molecular weight excluding hydrogens is 536 g/mol. The molecule has 9 heteroatoms. The number of hydrogen-bond acceptors (Lipinski definition) is 6. The van der Waals surface area contributed by atoms with E-state index in [0.29, 0.717) is 42.3 Å². The van der Waals surface area contributed by atoms with Gasteiger partial charge in [-0.15, -0.1) is 0 Å². The van der Waals surface area contributed by atoms with E-state index >= 15 is 0 Å². The summed E-state index contributed by atoms with van der Waals surface area (Å²) >= 11 is 3.49. The molecule has 1 amide bonds. The van der Waals surface area contributed by atoms with Crippen molar-refractivity contribution in [1.29, 1.82) is 0 Å². The second-order valence-electron chi connectivity index (χ2n) is 9.19. The Morgan fingerprint density at radius 3 is 2.62 bits per heavy atom. The van der Waals surface area contributed by atoms with E-state index in [1.807, 2.05) is 79.7 Å². The van der Waals surface area contributed by atoms with E-state index in [2.05, 4.69) is 20.9 Å². The molecule has 5 rings (SSSR count). The number of hydrogen-bond donors (Lipinski definition) is 2. The number of aromatic amines is 1. The van der Waals surface area contributed by atoms with Gasteiger partial charge in [0.05, 0.1) is 22.5 Å². The minimum Gasteiger partial charge on any atom is -0.494 e. The Balaban J connectivity index is 1.55. The van der Waals surface area contributed by atoms with Crippen LogP contribution in [-0.2, 0) is 16.3 Å². The number of benzene rings is 3. The van der Waals surface area contributed by atoms with E-state index in [1.165, 1.54) is 0 Å². The fraction of sp³-hybridized carbons (Fsp3) is 0.214. The quantitative estimate of drug-likeness (QED) is 0.228. The van der Waals surface area contributed by atoms with Crippen LogP contribution in [0.4, 0.5) is 11.4 Å². The lowest BCUT2D eigenvalue weighted by atomic mass is 9.99. The summed E-state index contributed by atoms with van der Waals surface area (Å²) in [5.74, 6) is 0.689. The SMILES string of the molecule is CN(C)CCC(=O)N(C)c1ccc(N=C(c2ccc3c(c2)OOC3)c2c(O)[nH]c3cc(Br)ccc23)cc1. The number of carbonyl (C=O) groups excluding carboxylic acids is 1. The van der Waals surface area contributed by atoms with Crippen LogP contribution in [0, 0.1) is 0 Å². The van der Waals surface area contributed by atoms with Gasteiger partial charge in [0.2, 0.25) is 5.91 Å². The molecule has 4 aromatic rings. The monoisotopic (exact) mass is 562 g/mol. The summed E-state index contributed by atoms with van der Waals surface area (Å²) in [6.07, 6.45) is 0.438. The maximum atomic E-state index is 12.5. The second kappa shape index (κ2) is 10.4. The number of H-pyrrole nitrogens is 1. The van der Waals surface area contributed by atoms with Crippen molar-refractivity contribution in [1.82, 2.24) is 9.88 Å². The zero-order valence-electron chi connectivity index (χ0n) is 20.8. The Morgan fingerprint density at radius 2 is 1.86 bits per heavy atom. The Bertz CT molecular complexity index is 1490. The molecular formula is C28H27BrN4O4. The van der Waals surface area contributed by atoms with Gasteiger partial charge in [-0.2, -0.15) is 4.89 Å². The van der Waals surface area contributed by atoms with Gasteiger partial charge in [0, 0.05) is 46.7 Å². The van der Waals surface area contributed by atoms with Gasteiger partial charge in [-0.1, -0.05) is 34.1 Å². The van der Waals surface area contributed by atoms with Crippen molar-refractivity contribution in [3.63, 3.8) is 0 Å². The molecule has 0 radical (unpaired) electrons. The van der Waals surface area contributed by atoms with E-state index in [0.717, 1.165) is 32.2 Å². The normalized spacial score (nSPS) is 13.2. The highest BCUT2D eigenvalue weighted by Crippen LogP contribution is 2.35. The Hall–Kier alpha value is -3.66. The van der Waals surface area contributed by atoms with E-state index in [-0.39, 0.29) is 11.8 Å². The average molecular weight is 563 g/mol. The molecule has 2 N–H and O–H groups in total. The van der Waals surface area contributed by atoms with E-state index in [9.17, 15) is 9.90 Å². The molecule has 1 aromatic heterocycles. The van der Waals surface area contributed by atoms with Gasteiger partial charge < -0.3 is 24.8 Å². The van der Waals surface area contributed by atoms with E-state index < -0.39 is 0 Å². The lowest BCUT2D eigenvalue weighted by Crippen LogP contribution is -2.29. The molecule has 0 saturated heterocycles. The van der Waals surface area contributed by atoms with Crippen LogP contribution in [-0.4, -0.2) is 54.3 Å². The first-order valence-electron chi connectivity index (χ1n) is 11.8. The highest BCUT2D eigenvalue weighted by atomic mass is 79.9. The van der Waals surface area contributed by atoms with Crippen molar-refractivity contribution in [3.05, 3.63) is 81.8 Å². The number of carbonyl (C=O) groups is 1. The number of anilines is 1. The largest absolute Gasteiger partial charge is 0.494 e. The molecule has 1 aliphatic rings. The average Bonchev–Trinajstić information content (AvgIpc) is 3.48. The smallest absolute Gasteiger partial charge is 0.228 e. The lowest BCUT2D eigenvalue weighted by molar-refractivity contribution is -0.194. The van der Waals surface area contributed by atoms with Crippen LogP contribution in [0.2, 0.25) is 0 Å². The number of amides is 1. The van der Waals surface area contributed by atoms with Gasteiger partial charge in [0.1, 0.15) is 6.61 Å². The standard InChI is InChI=1S/C28H27BrN4O4/c1-32(2)13-12-25(34)33(3)21-9-7-20(8-10-21)30-27(17-4-5-18-16-36-37-24(18)14-17)26-22-11-6-19(29)15-23(22)31-28(26)35/h4-11,14-15,31,35H,12-13,16H2,1-3H3. The van der Waals surface area contributed by atoms with Crippen molar-refractivity contribution >= 4 is 49.8 Å². The number of fused-ring (bicyclic) bond motifs is 2. The molecule has 0 atom stereocenters. The maximum absolute atomic E-state index is 12.5. The van der Waals surface area contributed by atoms with Gasteiger partial charge >= 0.3 is 0 Å². The summed E-state index contributed by atoms with van der Waals surface area (Å²) in [6, 6.07) is 19.0. The number of nitrogens with one attached hydrogen (secondary N) is 1. The molecule has 0 spiro atoms. The summed E-state index contributed by atoms with van der Waals surface area (Å²) in [5.41, 5.74) is 5.12. The zero-order chi connectivity index (χ0) is 26.1. The van der Waals surface area contributed by atoms with Gasteiger partial charge in [0.15, 0.2) is 11.6 Å². The molecule has 0 fully saturated rings. The Morgan fingerprint density at radius 1 is 1.08 bits per heavy atom. The summed E-state index contributed by atoms with van der Waals surface area (Å²) in [5, 5.41) is 11.8. The van der Waals surface area contributed by atoms with Crippen molar-refractivity contribution in [2.45, 2.75) is 13.0 Å². The van der Waals surface area contributed by atoms with E-state index in [4.69, 9.17) is 14.8 Å². The van der Waals surface area contributed by atoms with Crippen molar-refractivity contribution in [2.75, 3.05) is 32.6 Å². The van der Waals surface area contributed by atoms with Crippen LogP contribution >= 0.6 is 15.9 Å². The topological polar surface area (TPSA) is 90.4 Å². The highest BCUT2D eigenvalue weighted by Gasteiger charge is 2.22. The number of rotatable bonds is 7. The Kier molecular flexibility index (Phi) is 7.01. The summed E-state index contributed by atoms with van der Waals surface area (Å²) in [7, 11) is 5.67. The Labute approximate surface area is 223 Å². The minimum atomic E-state index is 0.0207. The summed E-state index contributed by atoms with van der Waals surface area (Å²) < 4.78 is 0.897. The fourth-order valence-corrected chi connectivity index (χ4v) is 4.59. The number of halogens is 1. The predicted molar refractivity (Wildman–Crippen MR) is 148 cm³/mol.